The van der Waals surface area contributed by atoms with E-state index >= 15 is 0 Å². The van der Waals surface area contributed by atoms with Crippen LogP contribution in [-0.4, -0.2) is 0 Å². The van der Waals surface area contributed by atoms with Crippen LogP contribution in [0, 0.1) is 0 Å². The number of hydrogen-bond acceptors (Lipinski definition) is 0. The van der Waals surface area contributed by atoms with E-state index in [-0.39, 0.29) is 0 Å². The Balaban J connectivity index is 2.21. The Kier molecular flexibility index (Phi) is 1.31. The van der Waals surface area contributed by atoms with Crippen molar-refractivity contribution >= 4 is 6.08 Å². The average Bonchev–Trinajstić information content (AvgIpc) is 2.61. The van der Waals surface area contributed by atoms with Crippen molar-refractivity contribution in [2.45, 2.75) is 6.42 Å². The Hall–Kier alpha value is -1.56. The van der Waals surface area contributed by atoms with Crippen LogP contribution in [0.1, 0.15) is 11.1 Å². The average molecular weight is 166 g/mol. The fraction of sp³-hybridized carbons (Fsp3) is 0.0769. The Morgan fingerprint density at radius 3 is 3.00 bits per heavy atom. The van der Waals surface area contributed by atoms with Crippen LogP contribution in [0.3, 0.4) is 0 Å². The molecule has 1 aromatic rings. The molecule has 1 aromatic carbocycles. The van der Waals surface area contributed by atoms with E-state index in [0.29, 0.717) is 0 Å². The van der Waals surface area contributed by atoms with Crippen molar-refractivity contribution in [1.29, 1.82) is 0 Å². The van der Waals surface area contributed by atoms with Gasteiger partial charge >= 0.3 is 0 Å². The van der Waals surface area contributed by atoms with E-state index < -0.39 is 0 Å². The summed E-state index contributed by atoms with van der Waals surface area (Å²) in [6.07, 6.45) is 9.89. The zero-order valence-corrected chi connectivity index (χ0v) is 7.33. The van der Waals surface area contributed by atoms with Crippen LogP contribution in [0.2, 0.25) is 0 Å². The van der Waals surface area contributed by atoms with Crippen molar-refractivity contribution in [2.75, 3.05) is 0 Å². The quantitative estimate of drug-likeness (QED) is 0.555. The van der Waals surface area contributed by atoms with E-state index in [4.69, 9.17) is 0 Å². The summed E-state index contributed by atoms with van der Waals surface area (Å²) in [4.78, 5) is 0. The van der Waals surface area contributed by atoms with E-state index in [1.54, 1.807) is 0 Å². The third kappa shape index (κ3) is 0.988. The van der Waals surface area contributed by atoms with E-state index in [1.807, 2.05) is 0 Å². The highest BCUT2D eigenvalue weighted by atomic mass is 14.2. The summed E-state index contributed by atoms with van der Waals surface area (Å²) < 4.78 is 0. The molecule has 0 heterocycles. The van der Waals surface area contributed by atoms with Crippen molar-refractivity contribution in [1.82, 2.24) is 0 Å². The van der Waals surface area contributed by atoms with Crippen LogP contribution in [0.5, 0.6) is 0 Å². The third-order valence-electron chi connectivity index (χ3n) is 2.69. The second kappa shape index (κ2) is 2.46. The second-order valence-corrected chi connectivity index (χ2v) is 3.53. The number of hydrogen-bond donors (Lipinski definition) is 0. The molecule has 3 rings (SSSR count). The summed E-state index contributed by atoms with van der Waals surface area (Å²) in [6.45, 7) is 0. The fourth-order valence-corrected chi connectivity index (χ4v) is 1.98. The minimum Gasteiger partial charge on any atom is -0.0619 e. The molecule has 0 N–H and O–H groups in total. The standard InChI is InChI=1S/C13H10/c1-2-5-11-9-13-7-3-6-12(13)8-10(11)4-1/h1-8H,9H2. The normalized spacial score (nSPS) is 17.5. The lowest BCUT2D eigenvalue weighted by Crippen LogP contribution is -1.99. The molecule has 0 amide bonds. The van der Waals surface area contributed by atoms with E-state index in [9.17, 15) is 0 Å². The molecule has 0 aliphatic heterocycles. The third-order valence-corrected chi connectivity index (χ3v) is 2.69. The molecule has 0 bridgehead atoms. The van der Waals surface area contributed by atoms with Crippen LogP contribution in [-0.2, 0) is 6.42 Å². The maximum atomic E-state index is 2.27. The van der Waals surface area contributed by atoms with Crippen molar-refractivity contribution < 1.29 is 0 Å². The molecule has 0 heteroatoms. The second-order valence-electron chi connectivity index (χ2n) is 3.53. The maximum Gasteiger partial charge on any atom is -0.00139 e. The van der Waals surface area contributed by atoms with Gasteiger partial charge in [0.15, 0.2) is 0 Å². The molecule has 0 aromatic heterocycles. The van der Waals surface area contributed by atoms with Gasteiger partial charge in [-0.25, -0.2) is 0 Å². The summed E-state index contributed by atoms with van der Waals surface area (Å²) in [6, 6.07) is 8.61. The van der Waals surface area contributed by atoms with Crippen LogP contribution in [0.25, 0.3) is 6.08 Å². The molecule has 0 nitrogen and oxygen atoms in total. The van der Waals surface area contributed by atoms with Gasteiger partial charge < -0.3 is 0 Å². The smallest absolute Gasteiger partial charge is 0.00139 e. The Morgan fingerprint density at radius 2 is 2.00 bits per heavy atom. The summed E-state index contributed by atoms with van der Waals surface area (Å²) in [7, 11) is 0. The minimum atomic E-state index is 1.09. The summed E-state index contributed by atoms with van der Waals surface area (Å²) in [5.74, 6) is 0. The predicted octanol–water partition coefficient (Wildman–Crippen LogP) is 3.12. The largest absolute Gasteiger partial charge is 0.0619 e. The first kappa shape index (κ1) is 6.90. The van der Waals surface area contributed by atoms with Gasteiger partial charge in [-0.3, -0.25) is 0 Å². The molecule has 13 heavy (non-hydrogen) atoms. The molecule has 0 fully saturated rings. The van der Waals surface area contributed by atoms with Gasteiger partial charge in [0.05, 0.1) is 0 Å². The van der Waals surface area contributed by atoms with Crippen molar-refractivity contribution in [3.05, 3.63) is 64.8 Å². The van der Waals surface area contributed by atoms with Crippen LogP contribution >= 0.6 is 0 Å². The highest BCUT2D eigenvalue weighted by Gasteiger charge is 2.14. The summed E-state index contributed by atoms with van der Waals surface area (Å²) in [5.41, 5.74) is 5.67. The number of rotatable bonds is 0. The van der Waals surface area contributed by atoms with E-state index in [2.05, 4.69) is 48.6 Å². The molecule has 0 saturated carbocycles. The lowest BCUT2D eigenvalue weighted by Gasteiger charge is -2.14. The lowest BCUT2D eigenvalue weighted by atomic mass is 9.90. The number of fused-ring (bicyclic) bond motifs is 2. The SMILES string of the molecule is C1=CC2=Cc3ccccc3CC2=C1. The molecule has 0 radical (unpaired) electrons. The highest BCUT2D eigenvalue weighted by molar-refractivity contribution is 5.71. The van der Waals surface area contributed by atoms with Crippen LogP contribution < -0.4 is 0 Å². The van der Waals surface area contributed by atoms with Gasteiger partial charge in [-0.1, -0.05) is 42.5 Å². The topological polar surface area (TPSA) is 0 Å². The number of allylic oxidation sites excluding steroid dienone is 5. The summed E-state index contributed by atoms with van der Waals surface area (Å²) >= 11 is 0. The van der Waals surface area contributed by atoms with Crippen molar-refractivity contribution in [2.24, 2.45) is 0 Å². The van der Waals surface area contributed by atoms with Gasteiger partial charge in [0.25, 0.3) is 0 Å². The zero-order chi connectivity index (χ0) is 8.67. The first-order valence-electron chi connectivity index (χ1n) is 4.61. The van der Waals surface area contributed by atoms with Gasteiger partial charge in [-0.15, -0.1) is 0 Å². The predicted molar refractivity (Wildman–Crippen MR) is 55.3 cm³/mol. The lowest BCUT2D eigenvalue weighted by molar-refractivity contribution is 1.16. The first-order valence-corrected chi connectivity index (χ1v) is 4.61. The Labute approximate surface area is 77.9 Å². The molecular formula is C13H10. The van der Waals surface area contributed by atoms with Gasteiger partial charge in [0, 0.05) is 0 Å². The molecule has 0 saturated heterocycles. The van der Waals surface area contributed by atoms with E-state index in [1.165, 1.54) is 22.3 Å². The fourth-order valence-electron chi connectivity index (χ4n) is 1.98. The van der Waals surface area contributed by atoms with Gasteiger partial charge in [-0.05, 0) is 34.8 Å². The molecular weight excluding hydrogens is 156 g/mol. The number of benzene rings is 1. The van der Waals surface area contributed by atoms with Gasteiger partial charge in [0.1, 0.15) is 0 Å². The zero-order valence-electron chi connectivity index (χ0n) is 7.33. The Morgan fingerprint density at radius 1 is 1.08 bits per heavy atom. The minimum absolute atomic E-state index is 1.09. The maximum absolute atomic E-state index is 2.27. The molecule has 0 spiro atoms. The van der Waals surface area contributed by atoms with E-state index in [0.717, 1.165) is 6.42 Å². The van der Waals surface area contributed by atoms with Crippen LogP contribution in [0.4, 0.5) is 0 Å². The Bertz CT molecular complexity index is 445. The van der Waals surface area contributed by atoms with Gasteiger partial charge in [0.2, 0.25) is 0 Å². The highest BCUT2D eigenvalue weighted by Crippen LogP contribution is 2.31. The first-order chi connectivity index (χ1) is 6.43. The van der Waals surface area contributed by atoms with Crippen molar-refractivity contribution in [3.63, 3.8) is 0 Å². The van der Waals surface area contributed by atoms with Gasteiger partial charge in [-0.2, -0.15) is 0 Å². The summed E-state index contributed by atoms with van der Waals surface area (Å²) in [5, 5.41) is 0. The molecule has 62 valence electrons. The molecule has 0 atom stereocenters. The molecule has 0 unspecified atom stereocenters. The van der Waals surface area contributed by atoms with Crippen LogP contribution in [0.15, 0.2) is 53.6 Å². The monoisotopic (exact) mass is 166 g/mol. The molecule has 2 aliphatic rings. The van der Waals surface area contributed by atoms with Crippen molar-refractivity contribution in [3.8, 4) is 0 Å². The molecule has 2 aliphatic carbocycles.